The first-order valence-electron chi connectivity index (χ1n) is 7.93. The van der Waals surface area contributed by atoms with Gasteiger partial charge in [0.15, 0.2) is 0 Å². The molecule has 25 heavy (non-hydrogen) atoms. The summed E-state index contributed by atoms with van der Waals surface area (Å²) in [5.74, 6) is -0.247. The minimum Gasteiger partial charge on any atom is -0.508 e. The molecule has 6 heteroatoms. The quantitative estimate of drug-likeness (QED) is 0.494. The number of aromatic hydroxyl groups is 1. The molecule has 1 heterocycles. The van der Waals surface area contributed by atoms with Gasteiger partial charge in [0.2, 0.25) is 0 Å². The minimum atomic E-state index is -0.389. The van der Waals surface area contributed by atoms with Crippen LogP contribution >= 0.6 is 0 Å². The maximum Gasteiger partial charge on any atom is 0.289 e. The molecule has 1 aromatic heterocycles. The van der Waals surface area contributed by atoms with E-state index in [1.54, 1.807) is 30.3 Å². The van der Waals surface area contributed by atoms with Crippen molar-refractivity contribution in [2.75, 3.05) is 0 Å². The number of H-pyrrole nitrogens is 1. The lowest BCUT2D eigenvalue weighted by Gasteiger charge is -1.98. The summed E-state index contributed by atoms with van der Waals surface area (Å²) in [5.41, 5.74) is 6.32. The number of aryl methyl sites for hydroxylation is 1. The SMILES string of the molecule is CCc1ccc(-c2cc(C(=O)N/N=C\c3cccc(O)c3)[nH]n2)cc1. The summed E-state index contributed by atoms with van der Waals surface area (Å²) >= 11 is 0. The van der Waals surface area contributed by atoms with E-state index in [1.165, 1.54) is 11.8 Å². The number of nitrogens with zero attached hydrogens (tertiary/aromatic N) is 2. The lowest BCUT2D eigenvalue weighted by atomic mass is 10.1. The van der Waals surface area contributed by atoms with Crippen molar-refractivity contribution in [3.8, 4) is 17.0 Å². The number of benzene rings is 2. The van der Waals surface area contributed by atoms with E-state index in [1.807, 2.05) is 24.3 Å². The minimum absolute atomic E-state index is 0.141. The van der Waals surface area contributed by atoms with Crippen LogP contribution in [0.3, 0.4) is 0 Å². The van der Waals surface area contributed by atoms with Gasteiger partial charge in [-0.05, 0) is 35.7 Å². The molecule has 1 amide bonds. The second kappa shape index (κ2) is 7.44. The fourth-order valence-electron chi connectivity index (χ4n) is 2.33. The van der Waals surface area contributed by atoms with Crippen LogP contribution < -0.4 is 5.43 Å². The number of phenols is 1. The third kappa shape index (κ3) is 4.11. The fraction of sp³-hybridized carbons (Fsp3) is 0.105. The molecule has 0 spiro atoms. The lowest BCUT2D eigenvalue weighted by molar-refractivity contribution is 0.0950. The average Bonchev–Trinajstić information content (AvgIpc) is 3.12. The van der Waals surface area contributed by atoms with Gasteiger partial charge in [0.25, 0.3) is 5.91 Å². The molecule has 0 aliphatic heterocycles. The Morgan fingerprint density at radius 3 is 2.76 bits per heavy atom. The lowest BCUT2D eigenvalue weighted by Crippen LogP contribution is -2.17. The average molecular weight is 334 g/mol. The molecule has 0 unspecified atom stereocenters. The molecular weight excluding hydrogens is 316 g/mol. The first-order valence-corrected chi connectivity index (χ1v) is 7.93. The van der Waals surface area contributed by atoms with Crippen molar-refractivity contribution in [3.63, 3.8) is 0 Å². The Morgan fingerprint density at radius 2 is 2.04 bits per heavy atom. The van der Waals surface area contributed by atoms with Gasteiger partial charge >= 0.3 is 0 Å². The third-order valence-corrected chi connectivity index (χ3v) is 3.73. The number of rotatable bonds is 5. The molecule has 0 saturated carbocycles. The standard InChI is InChI=1S/C19H18N4O2/c1-2-13-6-8-15(9-7-13)17-11-18(22-21-17)19(25)23-20-12-14-4-3-5-16(24)10-14/h3-12,24H,2H2,1H3,(H,21,22)(H,23,25)/b20-12-. The summed E-state index contributed by atoms with van der Waals surface area (Å²) in [6.07, 6.45) is 2.43. The molecule has 0 saturated heterocycles. The highest BCUT2D eigenvalue weighted by Gasteiger charge is 2.10. The summed E-state index contributed by atoms with van der Waals surface area (Å²) in [6.45, 7) is 2.10. The highest BCUT2D eigenvalue weighted by Crippen LogP contribution is 2.18. The van der Waals surface area contributed by atoms with Gasteiger partial charge in [0.1, 0.15) is 11.4 Å². The Bertz CT molecular complexity index is 898. The van der Waals surface area contributed by atoms with E-state index < -0.39 is 0 Å². The zero-order chi connectivity index (χ0) is 17.6. The van der Waals surface area contributed by atoms with E-state index in [4.69, 9.17) is 0 Å². The highest BCUT2D eigenvalue weighted by atomic mass is 16.3. The second-order valence-electron chi connectivity index (χ2n) is 5.51. The molecule has 126 valence electrons. The van der Waals surface area contributed by atoms with Gasteiger partial charge in [-0.3, -0.25) is 9.89 Å². The van der Waals surface area contributed by atoms with Crippen molar-refractivity contribution in [2.45, 2.75) is 13.3 Å². The molecule has 0 aliphatic carbocycles. The molecule has 0 bridgehead atoms. The van der Waals surface area contributed by atoms with Crippen LogP contribution in [0.5, 0.6) is 5.75 Å². The number of carbonyl (C=O) groups excluding carboxylic acids is 1. The van der Waals surface area contributed by atoms with Crippen LogP contribution in [0, 0.1) is 0 Å². The summed E-state index contributed by atoms with van der Waals surface area (Å²) in [4.78, 5) is 12.1. The van der Waals surface area contributed by atoms with Crippen LogP contribution in [-0.2, 0) is 6.42 Å². The van der Waals surface area contributed by atoms with Crippen molar-refractivity contribution in [2.24, 2.45) is 5.10 Å². The number of phenolic OH excluding ortho intramolecular Hbond substituents is 1. The van der Waals surface area contributed by atoms with E-state index >= 15 is 0 Å². The number of aromatic nitrogens is 2. The predicted molar refractivity (Wildman–Crippen MR) is 96.6 cm³/mol. The topological polar surface area (TPSA) is 90.4 Å². The smallest absolute Gasteiger partial charge is 0.289 e. The maximum atomic E-state index is 12.1. The molecule has 0 aliphatic rings. The number of hydrazone groups is 1. The summed E-state index contributed by atoms with van der Waals surface area (Å²) < 4.78 is 0. The van der Waals surface area contributed by atoms with Crippen LogP contribution in [0.25, 0.3) is 11.3 Å². The van der Waals surface area contributed by atoms with Crippen LogP contribution in [-0.4, -0.2) is 27.4 Å². The van der Waals surface area contributed by atoms with Gasteiger partial charge in [-0.1, -0.05) is 43.3 Å². The van der Waals surface area contributed by atoms with Crippen LogP contribution in [0.1, 0.15) is 28.5 Å². The molecule has 6 nitrogen and oxygen atoms in total. The van der Waals surface area contributed by atoms with Crippen molar-refractivity contribution in [3.05, 3.63) is 71.4 Å². The Labute approximate surface area is 145 Å². The van der Waals surface area contributed by atoms with Gasteiger partial charge < -0.3 is 5.11 Å². The molecule has 3 aromatic rings. The summed E-state index contributed by atoms with van der Waals surface area (Å²) in [6, 6.07) is 16.3. The first kappa shape index (κ1) is 16.4. The number of hydrogen-bond donors (Lipinski definition) is 3. The summed E-state index contributed by atoms with van der Waals surface area (Å²) in [5, 5.41) is 20.1. The second-order valence-corrected chi connectivity index (χ2v) is 5.51. The van der Waals surface area contributed by atoms with E-state index in [0.29, 0.717) is 17.0 Å². The van der Waals surface area contributed by atoms with Crippen molar-refractivity contribution in [1.29, 1.82) is 0 Å². The molecule has 0 atom stereocenters. The van der Waals surface area contributed by atoms with E-state index in [-0.39, 0.29) is 11.7 Å². The van der Waals surface area contributed by atoms with Gasteiger partial charge in [0, 0.05) is 5.56 Å². The molecule has 2 aromatic carbocycles. The van der Waals surface area contributed by atoms with Gasteiger partial charge in [0.05, 0.1) is 11.9 Å². The Morgan fingerprint density at radius 1 is 1.24 bits per heavy atom. The zero-order valence-corrected chi connectivity index (χ0v) is 13.7. The van der Waals surface area contributed by atoms with Gasteiger partial charge in [-0.2, -0.15) is 10.2 Å². The van der Waals surface area contributed by atoms with Crippen molar-refractivity contribution in [1.82, 2.24) is 15.6 Å². The molecule has 0 fully saturated rings. The summed E-state index contributed by atoms with van der Waals surface area (Å²) in [7, 11) is 0. The highest BCUT2D eigenvalue weighted by molar-refractivity contribution is 5.94. The van der Waals surface area contributed by atoms with Crippen molar-refractivity contribution < 1.29 is 9.90 Å². The maximum absolute atomic E-state index is 12.1. The first-order chi connectivity index (χ1) is 12.2. The normalized spacial score (nSPS) is 10.9. The molecular formula is C19H18N4O2. The largest absolute Gasteiger partial charge is 0.508 e. The molecule has 3 rings (SSSR count). The number of aromatic amines is 1. The predicted octanol–water partition coefficient (Wildman–Crippen LogP) is 3.11. The number of carbonyl (C=O) groups is 1. The number of nitrogens with one attached hydrogen (secondary N) is 2. The Balaban J connectivity index is 1.66. The van der Waals surface area contributed by atoms with Crippen LogP contribution in [0.4, 0.5) is 0 Å². The van der Waals surface area contributed by atoms with Gasteiger partial charge in [-0.15, -0.1) is 0 Å². The number of amides is 1. The third-order valence-electron chi connectivity index (χ3n) is 3.73. The monoisotopic (exact) mass is 334 g/mol. The van der Waals surface area contributed by atoms with E-state index in [2.05, 4.69) is 27.6 Å². The van der Waals surface area contributed by atoms with Gasteiger partial charge in [-0.25, -0.2) is 5.43 Å². The fourth-order valence-corrected chi connectivity index (χ4v) is 2.33. The van der Waals surface area contributed by atoms with Crippen LogP contribution in [0.15, 0.2) is 59.7 Å². The molecule has 3 N–H and O–H groups in total. The zero-order valence-electron chi connectivity index (χ0n) is 13.7. The Kier molecular flexibility index (Phi) is 4.89. The van der Waals surface area contributed by atoms with E-state index in [9.17, 15) is 9.90 Å². The molecule has 0 radical (unpaired) electrons. The Hall–Kier alpha value is -3.41. The van der Waals surface area contributed by atoms with Crippen LogP contribution in [0.2, 0.25) is 0 Å². The van der Waals surface area contributed by atoms with E-state index in [0.717, 1.165) is 12.0 Å². The number of hydrogen-bond acceptors (Lipinski definition) is 4. The van der Waals surface area contributed by atoms with Crippen molar-refractivity contribution >= 4 is 12.1 Å².